The predicted octanol–water partition coefficient (Wildman–Crippen LogP) is 1.40. The first-order chi connectivity index (χ1) is 8.38. The molecule has 0 amide bonds. The maximum absolute atomic E-state index is 12.4. The summed E-state index contributed by atoms with van der Waals surface area (Å²) in [5.41, 5.74) is -4.02. The number of alkyl halides is 2. The molecule has 0 unspecified atom stereocenters. The Morgan fingerprint density at radius 2 is 2.22 bits per heavy atom. The number of nitro groups is 1. The Labute approximate surface area is 98.5 Å². The molecule has 1 aromatic heterocycles. The highest BCUT2D eigenvalue weighted by Crippen LogP contribution is 2.22. The third-order valence-electron chi connectivity index (χ3n) is 1.96. The van der Waals surface area contributed by atoms with Gasteiger partial charge in [0.2, 0.25) is 5.69 Å². The van der Waals surface area contributed by atoms with Crippen molar-refractivity contribution in [2.45, 2.75) is 13.3 Å². The highest BCUT2D eigenvalue weighted by molar-refractivity contribution is 5.91. The van der Waals surface area contributed by atoms with E-state index in [1.165, 1.54) is 6.92 Å². The standard InChI is InChI=1S/C9H8F2N2O5/c1-2-18-9(15)6-5(13(16)17)3-4(7(10)11)8(14)12-6/h3,7H,2H2,1H3,(H,12,14). The number of rotatable bonds is 4. The number of carbonyl (C=O) groups is 1. The monoisotopic (exact) mass is 262 g/mol. The number of carbonyl (C=O) groups excluding carboxylic acids is 1. The molecule has 0 fully saturated rings. The molecule has 0 atom stereocenters. The van der Waals surface area contributed by atoms with Gasteiger partial charge in [-0.2, -0.15) is 0 Å². The number of nitrogens with one attached hydrogen (secondary N) is 1. The maximum Gasteiger partial charge on any atom is 0.362 e. The van der Waals surface area contributed by atoms with Crippen LogP contribution in [0.3, 0.4) is 0 Å². The fraction of sp³-hybridized carbons (Fsp3) is 0.333. The third kappa shape index (κ3) is 2.67. The molecule has 7 nitrogen and oxygen atoms in total. The topological polar surface area (TPSA) is 102 Å². The average Bonchev–Trinajstić information content (AvgIpc) is 2.27. The molecule has 18 heavy (non-hydrogen) atoms. The van der Waals surface area contributed by atoms with Gasteiger partial charge in [0.05, 0.1) is 17.1 Å². The minimum atomic E-state index is -3.18. The number of halogens is 2. The number of aromatic amines is 1. The molecule has 0 aromatic carbocycles. The van der Waals surface area contributed by atoms with Crippen LogP contribution in [0, 0.1) is 10.1 Å². The lowest BCUT2D eigenvalue weighted by Crippen LogP contribution is -2.20. The number of H-pyrrole nitrogens is 1. The fourth-order valence-electron chi connectivity index (χ4n) is 1.20. The second kappa shape index (κ2) is 5.34. The van der Waals surface area contributed by atoms with Crippen molar-refractivity contribution >= 4 is 11.7 Å². The number of ether oxygens (including phenoxy) is 1. The first-order valence-corrected chi connectivity index (χ1v) is 4.75. The molecular formula is C9H8F2N2O5. The highest BCUT2D eigenvalue weighted by Gasteiger charge is 2.27. The lowest BCUT2D eigenvalue weighted by molar-refractivity contribution is -0.385. The van der Waals surface area contributed by atoms with E-state index in [-0.39, 0.29) is 6.61 Å². The van der Waals surface area contributed by atoms with E-state index in [1.807, 2.05) is 0 Å². The SMILES string of the molecule is CCOC(=O)c1[nH]c(=O)c(C(F)F)cc1[N+](=O)[O-]. The minimum Gasteiger partial charge on any atom is -0.461 e. The molecule has 1 N–H and O–H groups in total. The Hall–Kier alpha value is -2.32. The molecule has 0 radical (unpaired) electrons. The van der Waals surface area contributed by atoms with Gasteiger partial charge in [-0.15, -0.1) is 0 Å². The van der Waals surface area contributed by atoms with Crippen LogP contribution in [0.1, 0.15) is 29.4 Å². The second-order valence-electron chi connectivity index (χ2n) is 3.09. The van der Waals surface area contributed by atoms with Gasteiger partial charge in [-0.1, -0.05) is 0 Å². The van der Waals surface area contributed by atoms with Crippen molar-refractivity contribution in [1.82, 2.24) is 4.98 Å². The zero-order valence-electron chi connectivity index (χ0n) is 9.11. The zero-order valence-corrected chi connectivity index (χ0v) is 9.11. The first-order valence-electron chi connectivity index (χ1n) is 4.75. The van der Waals surface area contributed by atoms with Gasteiger partial charge in [0.25, 0.3) is 12.0 Å². The Balaban J connectivity index is 3.43. The molecule has 0 bridgehead atoms. The summed E-state index contributed by atoms with van der Waals surface area (Å²) in [6, 6.07) is 0.371. The molecule has 0 spiro atoms. The summed E-state index contributed by atoms with van der Waals surface area (Å²) < 4.78 is 29.3. The normalized spacial score (nSPS) is 10.4. The van der Waals surface area contributed by atoms with Gasteiger partial charge in [0.1, 0.15) is 0 Å². The van der Waals surface area contributed by atoms with Crippen LogP contribution in [0.2, 0.25) is 0 Å². The van der Waals surface area contributed by atoms with E-state index in [0.717, 1.165) is 0 Å². The molecule has 1 aromatic rings. The van der Waals surface area contributed by atoms with Crippen LogP contribution >= 0.6 is 0 Å². The molecular weight excluding hydrogens is 254 g/mol. The summed E-state index contributed by atoms with van der Waals surface area (Å²) >= 11 is 0. The zero-order chi connectivity index (χ0) is 13.9. The number of nitrogens with zero attached hydrogens (tertiary/aromatic N) is 1. The Morgan fingerprint density at radius 1 is 1.61 bits per heavy atom. The maximum atomic E-state index is 12.4. The van der Waals surface area contributed by atoms with Gasteiger partial charge < -0.3 is 9.72 Å². The molecule has 0 aliphatic carbocycles. The molecule has 98 valence electrons. The van der Waals surface area contributed by atoms with Crippen molar-refractivity contribution in [3.05, 3.63) is 37.8 Å². The van der Waals surface area contributed by atoms with Gasteiger partial charge in [0.15, 0.2) is 0 Å². The number of hydrogen-bond donors (Lipinski definition) is 1. The molecule has 0 saturated heterocycles. The van der Waals surface area contributed by atoms with Crippen LogP contribution in [0.15, 0.2) is 10.9 Å². The lowest BCUT2D eigenvalue weighted by atomic mass is 10.2. The summed E-state index contributed by atoms with van der Waals surface area (Å²) in [6.07, 6.45) is -3.18. The van der Waals surface area contributed by atoms with Crippen LogP contribution in [-0.4, -0.2) is 22.5 Å². The quantitative estimate of drug-likeness (QED) is 0.502. The Morgan fingerprint density at radius 3 is 2.67 bits per heavy atom. The molecule has 0 saturated carbocycles. The number of aromatic nitrogens is 1. The molecule has 1 heterocycles. The summed E-state index contributed by atoms with van der Waals surface area (Å²) in [4.78, 5) is 33.9. The largest absolute Gasteiger partial charge is 0.461 e. The average molecular weight is 262 g/mol. The summed E-state index contributed by atoms with van der Waals surface area (Å²) in [6.45, 7) is 1.38. The van der Waals surface area contributed by atoms with Crippen molar-refractivity contribution in [2.75, 3.05) is 6.61 Å². The second-order valence-corrected chi connectivity index (χ2v) is 3.09. The summed E-state index contributed by atoms with van der Waals surface area (Å²) in [7, 11) is 0. The number of esters is 1. The predicted molar refractivity (Wildman–Crippen MR) is 54.6 cm³/mol. The van der Waals surface area contributed by atoms with Crippen molar-refractivity contribution in [1.29, 1.82) is 0 Å². The van der Waals surface area contributed by atoms with E-state index < -0.39 is 39.8 Å². The van der Waals surface area contributed by atoms with Crippen LogP contribution in [-0.2, 0) is 4.74 Å². The highest BCUT2D eigenvalue weighted by atomic mass is 19.3. The lowest BCUT2D eigenvalue weighted by Gasteiger charge is -2.04. The van der Waals surface area contributed by atoms with Gasteiger partial charge >= 0.3 is 11.7 Å². The first kappa shape index (κ1) is 13.7. The van der Waals surface area contributed by atoms with Crippen LogP contribution in [0.4, 0.5) is 14.5 Å². The van der Waals surface area contributed by atoms with Gasteiger partial charge in [0, 0.05) is 6.07 Å². The van der Waals surface area contributed by atoms with E-state index in [0.29, 0.717) is 6.07 Å². The molecule has 1 rings (SSSR count). The third-order valence-corrected chi connectivity index (χ3v) is 1.96. The van der Waals surface area contributed by atoms with Gasteiger partial charge in [-0.05, 0) is 6.92 Å². The van der Waals surface area contributed by atoms with E-state index in [1.54, 1.807) is 4.98 Å². The van der Waals surface area contributed by atoms with Crippen molar-refractivity contribution < 1.29 is 23.2 Å². The summed E-state index contributed by atoms with van der Waals surface area (Å²) in [5.74, 6) is -1.15. The smallest absolute Gasteiger partial charge is 0.362 e. The Kier molecular flexibility index (Phi) is 4.08. The number of hydrogen-bond acceptors (Lipinski definition) is 5. The van der Waals surface area contributed by atoms with Crippen molar-refractivity contribution in [3.63, 3.8) is 0 Å². The van der Waals surface area contributed by atoms with E-state index in [4.69, 9.17) is 0 Å². The van der Waals surface area contributed by atoms with Gasteiger partial charge in [-0.3, -0.25) is 14.9 Å². The van der Waals surface area contributed by atoms with Crippen molar-refractivity contribution in [3.8, 4) is 0 Å². The minimum absolute atomic E-state index is 0.0748. The van der Waals surface area contributed by atoms with Crippen LogP contribution in [0.25, 0.3) is 0 Å². The molecule has 0 aliphatic rings. The van der Waals surface area contributed by atoms with Gasteiger partial charge in [-0.25, -0.2) is 13.6 Å². The van der Waals surface area contributed by atoms with E-state index >= 15 is 0 Å². The van der Waals surface area contributed by atoms with E-state index in [9.17, 15) is 28.5 Å². The fourth-order valence-corrected chi connectivity index (χ4v) is 1.20. The molecule has 9 heteroatoms. The van der Waals surface area contributed by atoms with E-state index in [2.05, 4.69) is 4.74 Å². The van der Waals surface area contributed by atoms with Crippen LogP contribution < -0.4 is 5.56 Å². The molecule has 0 aliphatic heterocycles. The van der Waals surface area contributed by atoms with Crippen molar-refractivity contribution in [2.24, 2.45) is 0 Å². The number of pyridine rings is 1. The summed E-state index contributed by atoms with van der Waals surface area (Å²) in [5, 5.41) is 10.6. The Bertz CT molecular complexity index is 540. The van der Waals surface area contributed by atoms with Crippen LogP contribution in [0.5, 0.6) is 0 Å².